The van der Waals surface area contributed by atoms with Crippen molar-refractivity contribution < 1.29 is 56.8 Å². The number of hydrogen-bond donors (Lipinski definition) is 0. The topological polar surface area (TPSA) is 208 Å². The molecule has 0 bridgehead atoms. The van der Waals surface area contributed by atoms with Crippen molar-refractivity contribution in [3.05, 3.63) is 0 Å². The van der Waals surface area contributed by atoms with Crippen LogP contribution in [0.3, 0.4) is 0 Å². The Kier molecular flexibility index (Phi) is 20.2. The number of likely N-dealkylation sites (tertiary alicyclic amines) is 4. The van der Waals surface area contributed by atoms with Crippen molar-refractivity contribution in [1.82, 2.24) is 49.5 Å². The third-order valence-corrected chi connectivity index (χ3v) is 26.1. The van der Waals surface area contributed by atoms with Gasteiger partial charge in [-0.3, -0.25) is 19.6 Å². The monoisotopic (exact) mass is 1380 g/mol. The zero-order valence-corrected chi connectivity index (χ0v) is 65.1. The van der Waals surface area contributed by atoms with Crippen LogP contribution in [-0.2, 0) is 37.9 Å². The van der Waals surface area contributed by atoms with Gasteiger partial charge in [0, 0.05) is 122 Å². The van der Waals surface area contributed by atoms with Crippen molar-refractivity contribution in [3.8, 4) is 24.0 Å². The molecule has 0 saturated carbocycles. The van der Waals surface area contributed by atoms with Gasteiger partial charge >= 0.3 is 24.0 Å². The van der Waals surface area contributed by atoms with Crippen molar-refractivity contribution in [2.24, 2.45) is 21.7 Å². The summed E-state index contributed by atoms with van der Waals surface area (Å²) in [6.45, 7) is 51.9. The van der Waals surface area contributed by atoms with E-state index in [1.54, 1.807) is 0 Å². The minimum atomic E-state index is -0.693. The van der Waals surface area contributed by atoms with E-state index in [1.165, 1.54) is 0 Å². The van der Waals surface area contributed by atoms with Gasteiger partial charge in [0.15, 0.2) is 23.1 Å². The van der Waals surface area contributed by atoms with Gasteiger partial charge in [-0.1, -0.05) is 27.7 Å². The second-order valence-electron chi connectivity index (χ2n) is 37.0. The molecule has 556 valence electrons. The molecule has 0 atom stereocenters. The molecule has 9 aliphatic heterocycles. The van der Waals surface area contributed by atoms with E-state index in [0.29, 0.717) is 90.9 Å². The molecule has 11 rings (SSSR count). The zero-order chi connectivity index (χ0) is 71.5. The summed E-state index contributed by atoms with van der Waals surface area (Å²) in [5.74, 6) is -1.90. The molecule has 0 aliphatic carbocycles. The molecule has 24 nitrogen and oxygen atoms in total. The Balaban J connectivity index is 0.827. The first kappa shape index (κ1) is 75.5. The van der Waals surface area contributed by atoms with Gasteiger partial charge in [-0.25, -0.2) is 0 Å². The Hall–Kier alpha value is -3.66. The number of piperidine rings is 4. The predicted octanol–water partition coefficient (Wildman–Crippen LogP) is 10.6. The molecule has 9 aliphatic rings. The molecule has 0 amide bonds. The quantitative estimate of drug-likeness (QED) is 0.136. The van der Waals surface area contributed by atoms with E-state index >= 15 is 0 Å². The van der Waals surface area contributed by atoms with Crippen LogP contribution in [-0.4, -0.2) is 251 Å². The molecule has 2 aromatic rings. The SMILES string of the molecule is CCC1(COc2nc(OCC3(CC)COC4(CC(C)(C)N(C)C(C)(C)C4)OC3)nc(N3CCN(c4nc(OCC5(CC)COC6(CC(C)(C)N(C)C(C)(C)C6)OC5)nc(OCC5(CC)COC6(CC(C)(C)N(C)C(C)(C)C6)OC5)n4)CC3)n2)COC2(CC(C)(C)N(C)C(C)(C)C2)OC1. The standard InChI is InChI=1S/C74H128N12O12/c1-25-67(45-91-71(92-46-67)33-59(5,6)81(21)60(7,8)34-71)41-87-55-75-53(76-56(79-55)88-42-68(26-2)47-93-72(94-48-68)35-61(9,10)82(22)62(11,12)36-72)85-29-31-86(32-30-85)54-77-57(89-43-69(27-3)49-95-73(96-50-69)37-63(13,14)83(23)64(15,16)38-73)80-58(78-54)90-44-70(28-4)51-97-74(98-52-70)39-65(17,18)84(24)66(19,20)40-74/h25-52H2,1-24H3. The Morgan fingerprint density at radius 2 is 0.439 bits per heavy atom. The Morgan fingerprint density at radius 1 is 0.276 bits per heavy atom. The fraction of sp³-hybridized carbons (Fsp3) is 0.919. The number of anilines is 2. The summed E-state index contributed by atoms with van der Waals surface area (Å²) in [6.07, 6.45) is 9.13. The van der Waals surface area contributed by atoms with Crippen LogP contribution in [0, 0.1) is 21.7 Å². The molecule has 9 saturated heterocycles. The molecule has 0 N–H and O–H groups in total. The van der Waals surface area contributed by atoms with E-state index in [9.17, 15) is 0 Å². The third-order valence-electron chi connectivity index (χ3n) is 26.1. The maximum Gasteiger partial charge on any atom is 0.324 e. The number of nitrogens with zero attached hydrogens (tertiary/aromatic N) is 12. The number of hydrogen-bond acceptors (Lipinski definition) is 24. The van der Waals surface area contributed by atoms with Gasteiger partial charge < -0.3 is 66.6 Å². The predicted molar refractivity (Wildman–Crippen MR) is 376 cm³/mol. The molecule has 11 heterocycles. The lowest BCUT2D eigenvalue weighted by atomic mass is 9.75. The van der Waals surface area contributed by atoms with Crippen molar-refractivity contribution in [2.75, 3.05) is 143 Å². The van der Waals surface area contributed by atoms with Crippen LogP contribution >= 0.6 is 0 Å². The third kappa shape index (κ3) is 15.0. The lowest BCUT2D eigenvalue weighted by Gasteiger charge is -2.59. The van der Waals surface area contributed by atoms with Crippen molar-refractivity contribution in [3.63, 3.8) is 0 Å². The van der Waals surface area contributed by atoms with Gasteiger partial charge in [0.1, 0.15) is 26.4 Å². The second-order valence-corrected chi connectivity index (χ2v) is 37.0. The fourth-order valence-corrected chi connectivity index (χ4v) is 17.9. The van der Waals surface area contributed by atoms with Crippen molar-refractivity contribution >= 4 is 11.9 Å². The maximum atomic E-state index is 6.90. The zero-order valence-electron chi connectivity index (χ0n) is 65.1. The highest BCUT2D eigenvalue weighted by molar-refractivity contribution is 5.40. The van der Waals surface area contributed by atoms with Crippen LogP contribution in [0.1, 0.15) is 216 Å². The molecule has 0 aromatic carbocycles. The molecule has 0 radical (unpaired) electrons. The Bertz CT molecular complexity index is 2630. The van der Waals surface area contributed by atoms with Gasteiger partial charge in [-0.05, 0) is 165 Å². The van der Waals surface area contributed by atoms with Crippen LogP contribution < -0.4 is 28.7 Å². The Labute approximate surface area is 587 Å². The van der Waals surface area contributed by atoms with E-state index in [2.05, 4.69) is 196 Å². The summed E-state index contributed by atoms with van der Waals surface area (Å²) in [4.78, 5) is 44.1. The molecule has 98 heavy (non-hydrogen) atoms. The van der Waals surface area contributed by atoms with Crippen molar-refractivity contribution in [1.29, 1.82) is 0 Å². The maximum absolute atomic E-state index is 6.90. The highest BCUT2D eigenvalue weighted by Crippen LogP contribution is 2.53. The lowest BCUT2D eigenvalue weighted by molar-refractivity contribution is -0.344. The van der Waals surface area contributed by atoms with Gasteiger partial charge in [-0.2, -0.15) is 19.9 Å². The first-order valence-electron chi connectivity index (χ1n) is 37.0. The Morgan fingerprint density at radius 3 is 0.592 bits per heavy atom. The smallest absolute Gasteiger partial charge is 0.324 e. The summed E-state index contributed by atoms with van der Waals surface area (Å²) in [7, 11) is 8.80. The van der Waals surface area contributed by atoms with Crippen LogP contribution in [0.15, 0.2) is 0 Å². The van der Waals surface area contributed by atoms with E-state index in [0.717, 1.165) is 77.0 Å². The molecule has 9 fully saturated rings. The number of aromatic nitrogens is 6. The highest BCUT2D eigenvalue weighted by atomic mass is 16.7. The van der Waals surface area contributed by atoms with Gasteiger partial charge in [0.2, 0.25) is 11.9 Å². The average molecular weight is 1380 g/mol. The van der Waals surface area contributed by atoms with Crippen LogP contribution in [0.25, 0.3) is 0 Å². The summed E-state index contributed by atoms with van der Waals surface area (Å²) in [6, 6.07) is 0.667. The first-order valence-corrected chi connectivity index (χ1v) is 37.0. The van der Waals surface area contributed by atoms with Crippen LogP contribution in [0.5, 0.6) is 24.0 Å². The number of ether oxygens (including phenoxy) is 12. The normalized spacial score (nSPS) is 29.1. The average Bonchev–Trinajstić information content (AvgIpc) is 0.757. The van der Waals surface area contributed by atoms with Gasteiger partial charge in [0.25, 0.3) is 0 Å². The minimum absolute atomic E-state index is 0.124. The fourth-order valence-electron chi connectivity index (χ4n) is 17.9. The molecular weight excluding hydrogens is 1250 g/mol. The van der Waals surface area contributed by atoms with E-state index in [1.807, 2.05) is 0 Å². The number of piperazine rings is 1. The molecule has 2 aromatic heterocycles. The second kappa shape index (κ2) is 26.2. The first-order chi connectivity index (χ1) is 45.4. The van der Waals surface area contributed by atoms with E-state index in [-0.39, 0.29) is 94.8 Å². The van der Waals surface area contributed by atoms with Crippen LogP contribution in [0.2, 0.25) is 0 Å². The molecular formula is C74H128N12O12. The largest absolute Gasteiger partial charge is 0.462 e. The highest BCUT2D eigenvalue weighted by Gasteiger charge is 2.61. The summed E-state index contributed by atoms with van der Waals surface area (Å²) in [5.41, 5.74) is -2.80. The van der Waals surface area contributed by atoms with Crippen LogP contribution in [0.4, 0.5) is 11.9 Å². The van der Waals surface area contributed by atoms with E-state index in [4.69, 9.17) is 86.7 Å². The summed E-state index contributed by atoms with van der Waals surface area (Å²) >= 11 is 0. The van der Waals surface area contributed by atoms with Gasteiger partial charge in [-0.15, -0.1) is 9.97 Å². The van der Waals surface area contributed by atoms with E-state index < -0.39 is 44.8 Å². The summed E-state index contributed by atoms with van der Waals surface area (Å²) < 4.78 is 82.1. The van der Waals surface area contributed by atoms with Crippen molar-refractivity contribution in [2.45, 2.75) is 283 Å². The molecule has 24 heteroatoms. The minimum Gasteiger partial charge on any atom is -0.462 e. The van der Waals surface area contributed by atoms with Gasteiger partial charge in [0.05, 0.1) is 74.5 Å². The summed E-state index contributed by atoms with van der Waals surface area (Å²) in [5, 5.41) is 0. The molecule has 0 unspecified atom stereocenters. The number of rotatable bonds is 18. The lowest BCUT2D eigenvalue weighted by Crippen LogP contribution is -2.67. The molecule has 4 spiro atoms.